The van der Waals surface area contributed by atoms with Gasteiger partial charge in [0.1, 0.15) is 6.10 Å². The lowest BCUT2D eigenvalue weighted by Gasteiger charge is -2.55. The second-order valence-corrected chi connectivity index (χ2v) is 6.80. The Kier molecular flexibility index (Phi) is 5.63. The maximum absolute atomic E-state index is 12.5. The van der Waals surface area contributed by atoms with Crippen LogP contribution in [0.2, 0.25) is 0 Å². The minimum atomic E-state index is -0.334. The van der Waals surface area contributed by atoms with Crippen LogP contribution in [0.4, 0.5) is 0 Å². The molecule has 2 fully saturated rings. The molecule has 1 saturated carbocycles. The zero-order chi connectivity index (χ0) is 15.5. The van der Waals surface area contributed by atoms with E-state index in [-0.39, 0.29) is 29.6 Å². The fourth-order valence-corrected chi connectivity index (χ4v) is 3.28. The first-order valence-corrected chi connectivity index (χ1v) is 8.19. The van der Waals surface area contributed by atoms with Crippen LogP contribution >= 0.6 is 0 Å². The van der Waals surface area contributed by atoms with E-state index in [1.54, 1.807) is 0 Å². The first-order valence-electron chi connectivity index (χ1n) is 8.19. The van der Waals surface area contributed by atoms with Gasteiger partial charge in [0, 0.05) is 38.2 Å². The predicted octanol–water partition coefficient (Wildman–Crippen LogP) is 1.42. The molecular weight excluding hydrogens is 268 g/mol. The van der Waals surface area contributed by atoms with Gasteiger partial charge in [-0.25, -0.2) is 0 Å². The average Bonchev–Trinajstić information content (AvgIpc) is 2.49. The predicted molar refractivity (Wildman–Crippen MR) is 82.2 cm³/mol. The van der Waals surface area contributed by atoms with E-state index in [1.165, 1.54) is 0 Å². The lowest BCUT2D eigenvalue weighted by Crippen LogP contribution is -2.64. The van der Waals surface area contributed by atoms with Gasteiger partial charge in [0.15, 0.2) is 0 Å². The second kappa shape index (κ2) is 7.07. The Balaban J connectivity index is 1.85. The summed E-state index contributed by atoms with van der Waals surface area (Å²) in [6, 6.07) is 0.238. The molecule has 0 radical (unpaired) electrons. The van der Waals surface area contributed by atoms with Gasteiger partial charge < -0.3 is 19.7 Å². The van der Waals surface area contributed by atoms with Crippen molar-refractivity contribution in [2.75, 3.05) is 33.4 Å². The van der Waals surface area contributed by atoms with E-state index in [2.05, 4.69) is 26.1 Å². The summed E-state index contributed by atoms with van der Waals surface area (Å²) in [6.07, 6.45) is 3.11. The topological polar surface area (TPSA) is 50.8 Å². The standard InChI is InChI=1S/C16H30N2O3/c1-5-6-8-21-14-10-13(16(14,2)3)18(4)15(19)12-11-17-7-9-20-12/h12-14,17H,5-11H2,1-4H3. The number of hydrogen-bond acceptors (Lipinski definition) is 4. The van der Waals surface area contributed by atoms with Crippen LogP contribution in [0.3, 0.4) is 0 Å². The molecule has 1 aliphatic carbocycles. The third kappa shape index (κ3) is 3.58. The van der Waals surface area contributed by atoms with Crippen LogP contribution in [0.1, 0.15) is 40.0 Å². The highest BCUT2D eigenvalue weighted by molar-refractivity contribution is 5.81. The molecule has 2 rings (SSSR count). The van der Waals surface area contributed by atoms with Crippen molar-refractivity contribution in [2.45, 2.75) is 58.3 Å². The van der Waals surface area contributed by atoms with Gasteiger partial charge in [0.2, 0.25) is 0 Å². The van der Waals surface area contributed by atoms with Crippen molar-refractivity contribution in [3.05, 3.63) is 0 Å². The molecule has 1 N–H and O–H groups in total. The van der Waals surface area contributed by atoms with Crippen LogP contribution < -0.4 is 5.32 Å². The Morgan fingerprint density at radius 1 is 1.48 bits per heavy atom. The largest absolute Gasteiger partial charge is 0.378 e. The third-order valence-corrected chi connectivity index (χ3v) is 4.96. The number of carbonyl (C=O) groups is 1. The van der Waals surface area contributed by atoms with Crippen molar-refractivity contribution in [3.63, 3.8) is 0 Å². The molecule has 1 heterocycles. The van der Waals surface area contributed by atoms with E-state index in [0.717, 1.165) is 32.4 Å². The lowest BCUT2D eigenvalue weighted by molar-refractivity contribution is -0.173. The molecule has 2 aliphatic rings. The second-order valence-electron chi connectivity index (χ2n) is 6.80. The highest BCUT2D eigenvalue weighted by atomic mass is 16.5. The van der Waals surface area contributed by atoms with Gasteiger partial charge >= 0.3 is 0 Å². The minimum Gasteiger partial charge on any atom is -0.378 e. The van der Waals surface area contributed by atoms with Crippen molar-refractivity contribution >= 4 is 5.91 Å². The molecule has 21 heavy (non-hydrogen) atoms. The number of ether oxygens (including phenoxy) is 2. The molecule has 0 aromatic heterocycles. The Labute approximate surface area is 128 Å². The third-order valence-electron chi connectivity index (χ3n) is 4.96. The summed E-state index contributed by atoms with van der Waals surface area (Å²) < 4.78 is 11.5. The van der Waals surface area contributed by atoms with E-state index in [9.17, 15) is 4.79 Å². The fourth-order valence-electron chi connectivity index (χ4n) is 3.28. The van der Waals surface area contributed by atoms with Gasteiger partial charge in [-0.05, 0) is 12.8 Å². The van der Waals surface area contributed by atoms with Crippen molar-refractivity contribution in [2.24, 2.45) is 5.41 Å². The van der Waals surface area contributed by atoms with Gasteiger partial charge in [-0.1, -0.05) is 27.2 Å². The molecule has 5 heteroatoms. The van der Waals surface area contributed by atoms with Crippen molar-refractivity contribution in [3.8, 4) is 0 Å². The lowest BCUT2D eigenvalue weighted by atomic mass is 9.63. The number of likely N-dealkylation sites (N-methyl/N-ethyl adjacent to an activating group) is 1. The molecule has 3 atom stereocenters. The Bertz CT molecular complexity index is 353. The fraction of sp³-hybridized carbons (Fsp3) is 0.938. The van der Waals surface area contributed by atoms with Gasteiger partial charge in [-0.2, -0.15) is 0 Å². The number of carbonyl (C=O) groups excluding carboxylic acids is 1. The van der Waals surface area contributed by atoms with E-state index in [0.29, 0.717) is 13.2 Å². The van der Waals surface area contributed by atoms with Crippen molar-refractivity contribution in [1.82, 2.24) is 10.2 Å². The van der Waals surface area contributed by atoms with Crippen LogP contribution in [-0.2, 0) is 14.3 Å². The van der Waals surface area contributed by atoms with Crippen LogP contribution in [0, 0.1) is 5.41 Å². The van der Waals surface area contributed by atoms with E-state index in [1.807, 2.05) is 11.9 Å². The van der Waals surface area contributed by atoms with Crippen molar-refractivity contribution in [1.29, 1.82) is 0 Å². The first kappa shape index (κ1) is 16.7. The number of rotatable bonds is 6. The van der Waals surface area contributed by atoms with Gasteiger partial charge in [0.25, 0.3) is 5.91 Å². The minimum absolute atomic E-state index is 0.0141. The first-order chi connectivity index (χ1) is 9.98. The number of amides is 1. The van der Waals surface area contributed by atoms with Gasteiger partial charge in [-0.15, -0.1) is 0 Å². The zero-order valence-corrected chi connectivity index (χ0v) is 13.9. The molecule has 0 aromatic rings. The smallest absolute Gasteiger partial charge is 0.253 e. The monoisotopic (exact) mass is 298 g/mol. The summed E-state index contributed by atoms with van der Waals surface area (Å²) >= 11 is 0. The summed E-state index contributed by atoms with van der Waals surface area (Å²) in [7, 11) is 1.90. The summed E-state index contributed by atoms with van der Waals surface area (Å²) in [5.74, 6) is 0.0901. The molecule has 1 saturated heterocycles. The maximum Gasteiger partial charge on any atom is 0.253 e. The van der Waals surface area contributed by atoms with E-state index in [4.69, 9.17) is 9.47 Å². The molecule has 0 aromatic carbocycles. The SMILES string of the molecule is CCCCOC1CC(N(C)C(=O)C2CNCCO2)C1(C)C. The molecular formula is C16H30N2O3. The van der Waals surface area contributed by atoms with Gasteiger partial charge in [0.05, 0.1) is 12.7 Å². The van der Waals surface area contributed by atoms with E-state index < -0.39 is 0 Å². The van der Waals surface area contributed by atoms with Crippen molar-refractivity contribution < 1.29 is 14.3 Å². The molecule has 1 aliphatic heterocycles. The number of unbranched alkanes of at least 4 members (excludes halogenated alkanes) is 1. The summed E-state index contributed by atoms with van der Waals surface area (Å²) in [5.41, 5.74) is 0.0141. The highest BCUT2D eigenvalue weighted by Gasteiger charge is 2.52. The number of morpholine rings is 1. The molecule has 5 nitrogen and oxygen atoms in total. The van der Waals surface area contributed by atoms with Crippen LogP contribution in [0.25, 0.3) is 0 Å². The zero-order valence-electron chi connectivity index (χ0n) is 13.9. The normalized spacial score (nSPS) is 31.5. The molecule has 0 spiro atoms. The molecule has 0 bridgehead atoms. The van der Waals surface area contributed by atoms with Crippen LogP contribution in [0.15, 0.2) is 0 Å². The summed E-state index contributed by atoms with van der Waals surface area (Å²) in [5, 5.41) is 3.21. The quantitative estimate of drug-likeness (QED) is 0.754. The highest BCUT2D eigenvalue weighted by Crippen LogP contribution is 2.45. The van der Waals surface area contributed by atoms with Crippen LogP contribution in [-0.4, -0.2) is 62.4 Å². The molecule has 1 amide bonds. The van der Waals surface area contributed by atoms with Gasteiger partial charge in [-0.3, -0.25) is 4.79 Å². The summed E-state index contributed by atoms with van der Waals surface area (Å²) in [6.45, 7) is 9.44. The average molecular weight is 298 g/mol. The molecule has 3 unspecified atom stereocenters. The maximum atomic E-state index is 12.5. The number of nitrogens with zero attached hydrogens (tertiary/aromatic N) is 1. The Hall–Kier alpha value is -0.650. The number of hydrogen-bond donors (Lipinski definition) is 1. The Morgan fingerprint density at radius 3 is 2.81 bits per heavy atom. The Morgan fingerprint density at radius 2 is 2.24 bits per heavy atom. The van der Waals surface area contributed by atoms with E-state index >= 15 is 0 Å². The van der Waals surface area contributed by atoms with Crippen LogP contribution in [0.5, 0.6) is 0 Å². The summed E-state index contributed by atoms with van der Waals surface area (Å²) in [4.78, 5) is 14.4. The number of nitrogens with one attached hydrogen (secondary N) is 1. The molecule has 122 valence electrons.